The number of likely N-dealkylation sites (N-methyl/N-ethyl adjacent to an activating group) is 1. The summed E-state index contributed by atoms with van der Waals surface area (Å²) in [6.45, 7) is 4.03. The third-order valence-corrected chi connectivity index (χ3v) is 3.53. The second-order valence-corrected chi connectivity index (χ2v) is 5.44. The Morgan fingerprint density at radius 3 is 2.79 bits per heavy atom. The first-order valence-electron chi connectivity index (χ1n) is 6.92. The van der Waals surface area contributed by atoms with E-state index in [1.54, 1.807) is 6.07 Å². The summed E-state index contributed by atoms with van der Waals surface area (Å²) >= 11 is 0. The molecule has 1 aliphatic carbocycles. The summed E-state index contributed by atoms with van der Waals surface area (Å²) < 4.78 is 19.5. The van der Waals surface area contributed by atoms with Crippen LogP contribution in [0.25, 0.3) is 0 Å². The molecule has 3 nitrogen and oxygen atoms in total. The number of benzene rings is 1. The lowest BCUT2D eigenvalue weighted by Gasteiger charge is -2.20. The molecular weight excluding hydrogens is 243 g/mol. The molecule has 0 unspecified atom stereocenters. The van der Waals surface area contributed by atoms with Gasteiger partial charge >= 0.3 is 0 Å². The van der Waals surface area contributed by atoms with Crippen LogP contribution in [0.3, 0.4) is 0 Å². The lowest BCUT2D eigenvalue weighted by Crippen LogP contribution is -2.24. The summed E-state index contributed by atoms with van der Waals surface area (Å²) in [5, 5.41) is 0. The highest BCUT2D eigenvalue weighted by Gasteiger charge is 2.21. The van der Waals surface area contributed by atoms with Gasteiger partial charge in [-0.2, -0.15) is 0 Å². The number of ether oxygens (including phenoxy) is 1. The van der Waals surface area contributed by atoms with Gasteiger partial charge in [-0.15, -0.1) is 0 Å². The van der Waals surface area contributed by atoms with E-state index in [1.165, 1.54) is 18.9 Å². The molecule has 1 atom stereocenters. The van der Waals surface area contributed by atoms with Gasteiger partial charge in [0.2, 0.25) is 0 Å². The fourth-order valence-electron chi connectivity index (χ4n) is 1.97. The van der Waals surface area contributed by atoms with Crippen LogP contribution in [0.2, 0.25) is 0 Å². The van der Waals surface area contributed by atoms with Crippen molar-refractivity contribution in [3.8, 4) is 0 Å². The second-order valence-electron chi connectivity index (χ2n) is 5.44. The van der Waals surface area contributed by atoms with Crippen LogP contribution in [-0.4, -0.2) is 26.8 Å². The van der Waals surface area contributed by atoms with Gasteiger partial charge in [-0.05, 0) is 43.4 Å². The van der Waals surface area contributed by atoms with Crippen LogP contribution >= 0.6 is 0 Å². The number of halogens is 1. The van der Waals surface area contributed by atoms with Gasteiger partial charge in [-0.3, -0.25) is 0 Å². The Bertz CT molecular complexity index is 419. The van der Waals surface area contributed by atoms with Crippen LogP contribution < -0.4 is 10.6 Å². The summed E-state index contributed by atoms with van der Waals surface area (Å²) in [7, 11) is 1.88. The monoisotopic (exact) mass is 266 g/mol. The highest BCUT2D eigenvalue weighted by atomic mass is 19.1. The molecule has 0 saturated heterocycles. The molecule has 1 aromatic carbocycles. The van der Waals surface area contributed by atoms with Crippen molar-refractivity contribution in [2.24, 2.45) is 11.7 Å². The van der Waals surface area contributed by atoms with Crippen molar-refractivity contribution < 1.29 is 9.13 Å². The lowest BCUT2D eigenvalue weighted by molar-refractivity contribution is 0.131. The van der Waals surface area contributed by atoms with Gasteiger partial charge in [-0.1, -0.05) is 6.07 Å². The zero-order valence-corrected chi connectivity index (χ0v) is 11.7. The molecule has 0 heterocycles. The maximum Gasteiger partial charge on any atom is 0.146 e. The van der Waals surface area contributed by atoms with Crippen LogP contribution in [0.4, 0.5) is 10.1 Å². The number of nitrogens with zero attached hydrogens (tertiary/aromatic N) is 1. The standard InChI is InChI=1S/C15H23FN2O/c1-11(17)13-5-6-15(14(16)9-13)18(2)7-8-19-10-12-3-4-12/h5-6,9,11-12H,3-4,7-8,10,17H2,1-2H3/t11-/m0/s1. The Balaban J connectivity index is 1.84. The minimum Gasteiger partial charge on any atom is -0.379 e. The molecule has 0 radical (unpaired) electrons. The van der Waals surface area contributed by atoms with Crippen LogP contribution in [0.5, 0.6) is 0 Å². The summed E-state index contributed by atoms with van der Waals surface area (Å²) in [6, 6.07) is 5.04. The zero-order chi connectivity index (χ0) is 13.8. The second kappa shape index (κ2) is 6.35. The van der Waals surface area contributed by atoms with Crippen molar-refractivity contribution in [3.05, 3.63) is 29.6 Å². The van der Waals surface area contributed by atoms with Gasteiger partial charge in [0.1, 0.15) is 5.82 Å². The molecule has 1 aromatic rings. The quantitative estimate of drug-likeness (QED) is 0.771. The first-order chi connectivity index (χ1) is 9.08. The van der Waals surface area contributed by atoms with Crippen molar-refractivity contribution in [2.75, 3.05) is 31.7 Å². The predicted molar refractivity (Wildman–Crippen MR) is 75.8 cm³/mol. The van der Waals surface area contributed by atoms with E-state index < -0.39 is 0 Å². The van der Waals surface area contributed by atoms with E-state index in [9.17, 15) is 4.39 Å². The summed E-state index contributed by atoms with van der Waals surface area (Å²) in [5.41, 5.74) is 7.16. The van der Waals surface area contributed by atoms with Gasteiger partial charge in [0.15, 0.2) is 0 Å². The van der Waals surface area contributed by atoms with Crippen molar-refractivity contribution in [3.63, 3.8) is 0 Å². The van der Waals surface area contributed by atoms with Gasteiger partial charge in [0, 0.05) is 26.2 Å². The van der Waals surface area contributed by atoms with Gasteiger partial charge in [-0.25, -0.2) is 4.39 Å². The minimum absolute atomic E-state index is 0.143. The van der Waals surface area contributed by atoms with E-state index in [-0.39, 0.29) is 11.9 Å². The molecule has 1 saturated carbocycles. The number of anilines is 1. The van der Waals surface area contributed by atoms with Crippen molar-refractivity contribution in [1.29, 1.82) is 0 Å². The normalized spacial score (nSPS) is 16.4. The Morgan fingerprint density at radius 1 is 1.47 bits per heavy atom. The van der Waals surface area contributed by atoms with E-state index in [1.807, 2.05) is 24.9 Å². The summed E-state index contributed by atoms with van der Waals surface area (Å²) in [4.78, 5) is 1.88. The average molecular weight is 266 g/mol. The Kier molecular flexibility index (Phi) is 4.77. The number of nitrogens with two attached hydrogens (primary N) is 1. The highest BCUT2D eigenvalue weighted by molar-refractivity contribution is 5.48. The first kappa shape index (κ1) is 14.3. The summed E-state index contributed by atoms with van der Waals surface area (Å²) in [6.07, 6.45) is 2.59. The number of rotatable bonds is 7. The topological polar surface area (TPSA) is 38.5 Å². The Hall–Kier alpha value is -1.13. The summed E-state index contributed by atoms with van der Waals surface area (Å²) in [5.74, 6) is 0.548. The number of hydrogen-bond acceptors (Lipinski definition) is 3. The fourth-order valence-corrected chi connectivity index (χ4v) is 1.97. The number of hydrogen-bond donors (Lipinski definition) is 1. The zero-order valence-electron chi connectivity index (χ0n) is 11.7. The van der Waals surface area contributed by atoms with E-state index in [2.05, 4.69) is 0 Å². The average Bonchev–Trinajstić information content (AvgIpc) is 3.18. The third-order valence-electron chi connectivity index (χ3n) is 3.53. The molecule has 1 aliphatic rings. The largest absolute Gasteiger partial charge is 0.379 e. The van der Waals surface area contributed by atoms with Crippen LogP contribution in [0.15, 0.2) is 18.2 Å². The van der Waals surface area contributed by atoms with Crippen molar-refractivity contribution in [1.82, 2.24) is 0 Å². The molecule has 0 amide bonds. The molecule has 19 heavy (non-hydrogen) atoms. The molecular formula is C15H23FN2O. The molecule has 0 bridgehead atoms. The fraction of sp³-hybridized carbons (Fsp3) is 0.600. The van der Waals surface area contributed by atoms with Crippen LogP contribution in [-0.2, 0) is 4.74 Å². The smallest absolute Gasteiger partial charge is 0.146 e. The van der Waals surface area contributed by atoms with Crippen molar-refractivity contribution >= 4 is 5.69 Å². The molecule has 2 N–H and O–H groups in total. The van der Waals surface area contributed by atoms with Gasteiger partial charge in [0.25, 0.3) is 0 Å². The molecule has 0 aliphatic heterocycles. The molecule has 106 valence electrons. The van der Waals surface area contributed by atoms with Gasteiger partial charge < -0.3 is 15.4 Å². The third kappa shape index (κ3) is 4.18. The Morgan fingerprint density at radius 2 is 2.21 bits per heavy atom. The van der Waals surface area contributed by atoms with E-state index in [4.69, 9.17) is 10.5 Å². The highest BCUT2D eigenvalue weighted by Crippen LogP contribution is 2.28. The Labute approximate surface area is 114 Å². The van der Waals surface area contributed by atoms with E-state index >= 15 is 0 Å². The van der Waals surface area contributed by atoms with Gasteiger partial charge in [0.05, 0.1) is 12.3 Å². The van der Waals surface area contributed by atoms with Crippen LogP contribution in [0.1, 0.15) is 31.4 Å². The SMILES string of the molecule is C[C@H](N)c1ccc(N(C)CCOCC2CC2)c(F)c1. The van der Waals surface area contributed by atoms with Crippen molar-refractivity contribution in [2.45, 2.75) is 25.8 Å². The lowest BCUT2D eigenvalue weighted by atomic mass is 10.1. The molecule has 0 aromatic heterocycles. The maximum atomic E-state index is 14.0. The maximum absolute atomic E-state index is 14.0. The van der Waals surface area contributed by atoms with E-state index in [0.29, 0.717) is 18.8 Å². The molecule has 0 spiro atoms. The minimum atomic E-state index is -0.223. The predicted octanol–water partition coefficient (Wildman–Crippen LogP) is 2.71. The first-order valence-corrected chi connectivity index (χ1v) is 6.92. The molecule has 1 fully saturated rings. The van der Waals surface area contributed by atoms with Crippen LogP contribution in [0, 0.1) is 11.7 Å². The molecule has 2 rings (SSSR count). The van der Waals surface area contributed by atoms with E-state index in [0.717, 1.165) is 18.1 Å². The molecule has 4 heteroatoms.